The Bertz CT molecular complexity index is 340. The van der Waals surface area contributed by atoms with Crippen LogP contribution >= 0.6 is 23.2 Å². The van der Waals surface area contributed by atoms with Gasteiger partial charge in [0.15, 0.2) is 0 Å². The van der Waals surface area contributed by atoms with Gasteiger partial charge in [-0.25, -0.2) is 0 Å². The zero-order valence-corrected chi connectivity index (χ0v) is 11.9. The lowest BCUT2D eigenvalue weighted by atomic mass is 10.2. The van der Waals surface area contributed by atoms with Gasteiger partial charge < -0.3 is 10.6 Å². The third-order valence-corrected chi connectivity index (χ3v) is 3.01. The highest BCUT2D eigenvalue weighted by Gasteiger charge is 2.00. The first-order valence-electron chi connectivity index (χ1n) is 5.97. The summed E-state index contributed by atoms with van der Waals surface area (Å²) in [6, 6.07) is 6.10. The molecule has 0 spiro atoms. The van der Waals surface area contributed by atoms with E-state index in [-0.39, 0.29) is 0 Å². The monoisotopic (exact) mass is 274 g/mol. The summed E-state index contributed by atoms with van der Waals surface area (Å²) in [6.45, 7) is 7.08. The summed E-state index contributed by atoms with van der Waals surface area (Å²) in [5.74, 6) is 0. The summed E-state index contributed by atoms with van der Waals surface area (Å²) in [5, 5.41) is 8.23. The number of rotatable bonds is 7. The average Bonchev–Trinajstić information content (AvgIpc) is 2.27. The van der Waals surface area contributed by atoms with E-state index >= 15 is 0 Å². The molecule has 0 aromatic heterocycles. The van der Waals surface area contributed by atoms with Crippen molar-refractivity contribution in [2.45, 2.75) is 32.9 Å². The van der Waals surface area contributed by atoms with Crippen molar-refractivity contribution < 1.29 is 0 Å². The Morgan fingerprint density at radius 1 is 1.18 bits per heavy atom. The van der Waals surface area contributed by atoms with Crippen LogP contribution in [0.15, 0.2) is 18.2 Å². The lowest BCUT2D eigenvalue weighted by Gasteiger charge is -2.09. The second-order valence-corrected chi connectivity index (χ2v) is 5.22. The minimum Gasteiger partial charge on any atom is -0.314 e. The first-order valence-corrected chi connectivity index (χ1v) is 6.73. The molecule has 0 radical (unpaired) electrons. The van der Waals surface area contributed by atoms with Crippen LogP contribution in [-0.2, 0) is 6.54 Å². The van der Waals surface area contributed by atoms with Crippen molar-refractivity contribution >= 4 is 23.2 Å². The van der Waals surface area contributed by atoms with Crippen LogP contribution in [0.2, 0.25) is 10.0 Å². The Kier molecular flexibility index (Phi) is 6.90. The Hall–Kier alpha value is -0.280. The van der Waals surface area contributed by atoms with Crippen LogP contribution in [0.3, 0.4) is 0 Å². The molecular weight excluding hydrogens is 255 g/mol. The van der Waals surface area contributed by atoms with Gasteiger partial charge in [0.2, 0.25) is 0 Å². The van der Waals surface area contributed by atoms with Crippen molar-refractivity contribution in [3.05, 3.63) is 33.8 Å². The fraction of sp³-hybridized carbons (Fsp3) is 0.538. The van der Waals surface area contributed by atoms with Gasteiger partial charge in [0.05, 0.1) is 0 Å². The molecule has 0 atom stereocenters. The van der Waals surface area contributed by atoms with Crippen LogP contribution < -0.4 is 10.6 Å². The molecule has 0 unspecified atom stereocenters. The van der Waals surface area contributed by atoms with E-state index in [2.05, 4.69) is 24.5 Å². The van der Waals surface area contributed by atoms with Crippen LogP contribution in [0.1, 0.15) is 25.8 Å². The Balaban J connectivity index is 2.20. The van der Waals surface area contributed by atoms with E-state index in [1.165, 1.54) is 0 Å². The maximum atomic E-state index is 6.07. The van der Waals surface area contributed by atoms with Crippen molar-refractivity contribution in [2.75, 3.05) is 13.1 Å². The second kappa shape index (κ2) is 7.93. The van der Waals surface area contributed by atoms with E-state index in [9.17, 15) is 0 Å². The first-order chi connectivity index (χ1) is 8.09. The molecule has 0 saturated carbocycles. The van der Waals surface area contributed by atoms with Crippen molar-refractivity contribution in [3.8, 4) is 0 Å². The highest BCUT2D eigenvalue weighted by molar-refractivity contribution is 6.33. The predicted octanol–water partition coefficient (Wildman–Crippen LogP) is 3.47. The molecule has 1 rings (SSSR count). The number of nitrogens with one attached hydrogen (secondary N) is 2. The van der Waals surface area contributed by atoms with Crippen molar-refractivity contribution in [2.24, 2.45) is 0 Å². The van der Waals surface area contributed by atoms with Gasteiger partial charge in [-0.3, -0.25) is 0 Å². The molecule has 0 aliphatic heterocycles. The molecule has 17 heavy (non-hydrogen) atoms. The lowest BCUT2D eigenvalue weighted by molar-refractivity contribution is 0.547. The van der Waals surface area contributed by atoms with Gasteiger partial charge in [0.25, 0.3) is 0 Å². The quantitative estimate of drug-likeness (QED) is 0.744. The molecule has 96 valence electrons. The largest absolute Gasteiger partial charge is 0.314 e. The van der Waals surface area contributed by atoms with E-state index in [0.717, 1.165) is 41.7 Å². The molecule has 0 amide bonds. The van der Waals surface area contributed by atoms with Crippen LogP contribution in [-0.4, -0.2) is 19.1 Å². The van der Waals surface area contributed by atoms with Gasteiger partial charge >= 0.3 is 0 Å². The van der Waals surface area contributed by atoms with Crippen molar-refractivity contribution in [3.63, 3.8) is 0 Å². The van der Waals surface area contributed by atoms with Crippen LogP contribution in [0.4, 0.5) is 0 Å². The van der Waals surface area contributed by atoms with Crippen LogP contribution in [0.25, 0.3) is 0 Å². The summed E-state index contributed by atoms with van der Waals surface area (Å²) >= 11 is 12.0. The van der Waals surface area contributed by atoms with E-state index in [1.807, 2.05) is 12.1 Å². The Labute approximate surface area is 114 Å². The highest BCUT2D eigenvalue weighted by atomic mass is 35.5. The molecule has 2 nitrogen and oxygen atoms in total. The van der Waals surface area contributed by atoms with E-state index in [1.54, 1.807) is 6.07 Å². The lowest BCUT2D eigenvalue weighted by Crippen LogP contribution is -2.26. The SMILES string of the molecule is CC(C)NCCCNCc1cc(Cl)ccc1Cl. The fourth-order valence-electron chi connectivity index (χ4n) is 1.51. The summed E-state index contributed by atoms with van der Waals surface area (Å²) in [7, 11) is 0. The number of halogens is 2. The molecule has 4 heteroatoms. The van der Waals surface area contributed by atoms with Crippen molar-refractivity contribution in [1.82, 2.24) is 10.6 Å². The van der Waals surface area contributed by atoms with Gasteiger partial charge in [-0.1, -0.05) is 37.0 Å². The third-order valence-electron chi connectivity index (χ3n) is 2.41. The molecule has 0 aliphatic rings. The summed E-state index contributed by atoms with van der Waals surface area (Å²) in [4.78, 5) is 0. The number of hydrogen-bond acceptors (Lipinski definition) is 2. The number of hydrogen-bond donors (Lipinski definition) is 2. The molecular formula is C13H20Cl2N2. The zero-order chi connectivity index (χ0) is 12.7. The summed E-state index contributed by atoms with van der Waals surface area (Å²) in [5.41, 5.74) is 1.05. The molecule has 0 saturated heterocycles. The first kappa shape index (κ1) is 14.8. The van der Waals surface area contributed by atoms with Crippen LogP contribution in [0.5, 0.6) is 0 Å². The van der Waals surface area contributed by atoms with E-state index in [0.29, 0.717) is 6.04 Å². The number of benzene rings is 1. The fourth-order valence-corrected chi connectivity index (χ4v) is 1.89. The minimum atomic E-state index is 0.553. The highest BCUT2D eigenvalue weighted by Crippen LogP contribution is 2.20. The van der Waals surface area contributed by atoms with Crippen LogP contribution in [0, 0.1) is 0 Å². The Morgan fingerprint density at radius 3 is 2.65 bits per heavy atom. The summed E-state index contributed by atoms with van der Waals surface area (Å²) < 4.78 is 0. The molecule has 1 aromatic carbocycles. The topological polar surface area (TPSA) is 24.1 Å². The Morgan fingerprint density at radius 2 is 1.94 bits per heavy atom. The standard InChI is InChI=1S/C13H20Cl2N2/c1-10(2)17-7-3-6-16-9-11-8-12(14)4-5-13(11)15/h4-5,8,10,16-17H,3,6-7,9H2,1-2H3. The maximum absolute atomic E-state index is 6.07. The van der Waals surface area contributed by atoms with E-state index in [4.69, 9.17) is 23.2 Å². The summed E-state index contributed by atoms with van der Waals surface area (Å²) in [6.07, 6.45) is 1.11. The molecule has 0 fully saturated rings. The smallest absolute Gasteiger partial charge is 0.0451 e. The third kappa shape index (κ3) is 6.27. The van der Waals surface area contributed by atoms with Gasteiger partial charge in [-0.2, -0.15) is 0 Å². The molecule has 0 bridgehead atoms. The molecule has 0 aliphatic carbocycles. The molecule has 1 aromatic rings. The molecule has 2 N–H and O–H groups in total. The minimum absolute atomic E-state index is 0.553. The predicted molar refractivity (Wildman–Crippen MR) is 75.9 cm³/mol. The van der Waals surface area contributed by atoms with Gasteiger partial charge in [0.1, 0.15) is 0 Å². The van der Waals surface area contributed by atoms with Crippen molar-refractivity contribution in [1.29, 1.82) is 0 Å². The molecule has 0 heterocycles. The van der Waals surface area contributed by atoms with E-state index < -0.39 is 0 Å². The average molecular weight is 275 g/mol. The van der Waals surface area contributed by atoms with Gasteiger partial charge in [-0.05, 0) is 43.3 Å². The van der Waals surface area contributed by atoms with Gasteiger partial charge in [-0.15, -0.1) is 0 Å². The normalized spacial score (nSPS) is 11.1. The second-order valence-electron chi connectivity index (χ2n) is 4.37. The van der Waals surface area contributed by atoms with Gasteiger partial charge in [0, 0.05) is 22.6 Å². The zero-order valence-electron chi connectivity index (χ0n) is 10.4. The maximum Gasteiger partial charge on any atom is 0.0451 e.